The number of ketones is 1. The van der Waals surface area contributed by atoms with Crippen LogP contribution in [0.15, 0.2) is 30.3 Å². The highest BCUT2D eigenvalue weighted by Gasteiger charge is 2.14. The topological polar surface area (TPSA) is 43.1 Å². The molecule has 2 nitrogen and oxygen atoms in total. The molecule has 1 atom stereocenters. The van der Waals surface area contributed by atoms with Crippen molar-refractivity contribution in [3.8, 4) is 0 Å². The molecule has 1 aromatic carbocycles. The van der Waals surface area contributed by atoms with Crippen LogP contribution >= 0.6 is 0 Å². The van der Waals surface area contributed by atoms with Crippen molar-refractivity contribution in [2.75, 3.05) is 6.54 Å². The molecule has 14 heavy (non-hydrogen) atoms. The molecule has 2 N–H and O–H groups in total. The molecule has 0 aromatic heterocycles. The molecular formula is C12H17NO. The first-order valence-electron chi connectivity index (χ1n) is 5.04. The fourth-order valence-corrected chi connectivity index (χ4v) is 1.52. The summed E-state index contributed by atoms with van der Waals surface area (Å²) < 4.78 is 0. The molecule has 0 spiro atoms. The minimum absolute atomic E-state index is 0.0117. The van der Waals surface area contributed by atoms with E-state index in [2.05, 4.69) is 0 Å². The summed E-state index contributed by atoms with van der Waals surface area (Å²) in [5, 5.41) is 0. The van der Waals surface area contributed by atoms with E-state index in [1.807, 2.05) is 37.3 Å². The number of nitrogens with two attached hydrogens (primary N) is 1. The molecule has 0 radical (unpaired) electrons. The minimum atomic E-state index is -0.0117. The molecule has 0 heterocycles. The lowest BCUT2D eigenvalue weighted by atomic mass is 9.94. The Morgan fingerprint density at radius 2 is 2.00 bits per heavy atom. The summed E-state index contributed by atoms with van der Waals surface area (Å²) in [6, 6.07) is 10.0. The van der Waals surface area contributed by atoms with Crippen LogP contribution < -0.4 is 5.73 Å². The lowest BCUT2D eigenvalue weighted by Crippen LogP contribution is -2.25. The van der Waals surface area contributed by atoms with E-state index in [1.165, 1.54) is 5.56 Å². The van der Waals surface area contributed by atoms with Crippen molar-refractivity contribution in [3.05, 3.63) is 35.9 Å². The van der Waals surface area contributed by atoms with Gasteiger partial charge >= 0.3 is 0 Å². The third-order valence-electron chi connectivity index (χ3n) is 2.41. The van der Waals surface area contributed by atoms with Gasteiger partial charge in [-0.1, -0.05) is 37.3 Å². The SMILES string of the molecule is CCC(=O)C(CN)Cc1ccccc1. The van der Waals surface area contributed by atoms with Gasteiger partial charge in [0.2, 0.25) is 0 Å². The fourth-order valence-electron chi connectivity index (χ4n) is 1.52. The van der Waals surface area contributed by atoms with Gasteiger partial charge in [-0.25, -0.2) is 0 Å². The Balaban J connectivity index is 2.62. The maximum absolute atomic E-state index is 11.5. The van der Waals surface area contributed by atoms with Crippen molar-refractivity contribution in [2.24, 2.45) is 11.7 Å². The fraction of sp³-hybridized carbons (Fsp3) is 0.417. The predicted octanol–water partition coefficient (Wildman–Crippen LogP) is 1.78. The van der Waals surface area contributed by atoms with E-state index in [9.17, 15) is 4.79 Å². The summed E-state index contributed by atoms with van der Waals surface area (Å²) in [5.41, 5.74) is 6.76. The third-order valence-corrected chi connectivity index (χ3v) is 2.41. The Morgan fingerprint density at radius 3 is 2.50 bits per heavy atom. The van der Waals surface area contributed by atoms with E-state index >= 15 is 0 Å². The summed E-state index contributed by atoms with van der Waals surface area (Å²) in [5.74, 6) is 0.249. The summed E-state index contributed by atoms with van der Waals surface area (Å²) in [4.78, 5) is 11.5. The zero-order chi connectivity index (χ0) is 10.4. The number of rotatable bonds is 5. The second-order valence-electron chi connectivity index (χ2n) is 3.44. The van der Waals surface area contributed by atoms with E-state index in [4.69, 9.17) is 5.73 Å². The molecule has 0 saturated carbocycles. The maximum atomic E-state index is 11.5. The van der Waals surface area contributed by atoms with Gasteiger partial charge < -0.3 is 5.73 Å². The second kappa shape index (κ2) is 5.55. The standard InChI is InChI=1S/C12H17NO/c1-2-12(14)11(9-13)8-10-6-4-3-5-7-10/h3-7,11H,2,8-9,13H2,1H3. The summed E-state index contributed by atoms with van der Waals surface area (Å²) in [6.45, 7) is 2.33. The molecule has 1 unspecified atom stereocenters. The van der Waals surface area contributed by atoms with Gasteiger partial charge in [0.15, 0.2) is 0 Å². The average molecular weight is 191 g/mol. The van der Waals surface area contributed by atoms with Gasteiger partial charge in [0, 0.05) is 18.9 Å². The Bertz CT molecular complexity index is 282. The van der Waals surface area contributed by atoms with Crippen molar-refractivity contribution >= 4 is 5.78 Å². The van der Waals surface area contributed by atoms with Crippen LogP contribution in [0.4, 0.5) is 0 Å². The first kappa shape index (κ1) is 10.9. The monoisotopic (exact) mass is 191 g/mol. The Morgan fingerprint density at radius 1 is 1.36 bits per heavy atom. The average Bonchev–Trinajstić information content (AvgIpc) is 2.26. The van der Waals surface area contributed by atoms with Crippen molar-refractivity contribution in [2.45, 2.75) is 19.8 Å². The number of carbonyl (C=O) groups is 1. The Kier molecular flexibility index (Phi) is 4.33. The molecule has 0 bridgehead atoms. The van der Waals surface area contributed by atoms with Crippen LogP contribution in [-0.4, -0.2) is 12.3 Å². The largest absolute Gasteiger partial charge is 0.330 e. The van der Waals surface area contributed by atoms with Crippen molar-refractivity contribution in [3.63, 3.8) is 0 Å². The lowest BCUT2D eigenvalue weighted by Gasteiger charge is -2.12. The maximum Gasteiger partial charge on any atom is 0.137 e. The van der Waals surface area contributed by atoms with E-state index in [0.29, 0.717) is 13.0 Å². The van der Waals surface area contributed by atoms with E-state index in [-0.39, 0.29) is 11.7 Å². The van der Waals surface area contributed by atoms with E-state index in [0.717, 1.165) is 6.42 Å². The highest BCUT2D eigenvalue weighted by molar-refractivity contribution is 5.81. The van der Waals surface area contributed by atoms with Crippen molar-refractivity contribution in [1.82, 2.24) is 0 Å². The lowest BCUT2D eigenvalue weighted by molar-refractivity contribution is -0.122. The molecule has 0 amide bonds. The molecule has 0 saturated heterocycles. The predicted molar refractivity (Wildman–Crippen MR) is 58.0 cm³/mol. The zero-order valence-electron chi connectivity index (χ0n) is 8.57. The first-order chi connectivity index (χ1) is 6.77. The van der Waals surface area contributed by atoms with Crippen LogP contribution in [-0.2, 0) is 11.2 Å². The number of benzene rings is 1. The van der Waals surface area contributed by atoms with Gasteiger partial charge in [-0.3, -0.25) is 4.79 Å². The van der Waals surface area contributed by atoms with Crippen molar-refractivity contribution in [1.29, 1.82) is 0 Å². The number of hydrogen-bond donors (Lipinski definition) is 1. The van der Waals surface area contributed by atoms with E-state index in [1.54, 1.807) is 0 Å². The molecule has 2 heteroatoms. The number of hydrogen-bond acceptors (Lipinski definition) is 2. The minimum Gasteiger partial charge on any atom is -0.330 e. The van der Waals surface area contributed by atoms with Crippen LogP contribution in [0, 0.1) is 5.92 Å². The van der Waals surface area contributed by atoms with Gasteiger partial charge in [0.05, 0.1) is 0 Å². The van der Waals surface area contributed by atoms with Crippen LogP contribution in [0.2, 0.25) is 0 Å². The number of Topliss-reactive ketones (excluding diaryl/α,β-unsaturated/α-hetero) is 1. The van der Waals surface area contributed by atoms with Crippen molar-refractivity contribution < 1.29 is 4.79 Å². The molecule has 76 valence electrons. The summed E-state index contributed by atoms with van der Waals surface area (Å²) in [7, 11) is 0. The quantitative estimate of drug-likeness (QED) is 0.771. The molecule has 1 aromatic rings. The van der Waals surface area contributed by atoms with Crippen LogP contribution in [0.25, 0.3) is 0 Å². The van der Waals surface area contributed by atoms with E-state index < -0.39 is 0 Å². The molecule has 0 aliphatic heterocycles. The highest BCUT2D eigenvalue weighted by atomic mass is 16.1. The van der Waals surface area contributed by atoms with Crippen LogP contribution in [0.1, 0.15) is 18.9 Å². The van der Waals surface area contributed by atoms with Crippen LogP contribution in [0.3, 0.4) is 0 Å². The van der Waals surface area contributed by atoms with Crippen LogP contribution in [0.5, 0.6) is 0 Å². The summed E-state index contributed by atoms with van der Waals surface area (Å²) in [6.07, 6.45) is 1.35. The van der Waals surface area contributed by atoms with Gasteiger partial charge in [0.1, 0.15) is 5.78 Å². The smallest absolute Gasteiger partial charge is 0.137 e. The molecular weight excluding hydrogens is 174 g/mol. The first-order valence-corrected chi connectivity index (χ1v) is 5.04. The van der Waals surface area contributed by atoms with Gasteiger partial charge in [-0.05, 0) is 12.0 Å². The summed E-state index contributed by atoms with van der Waals surface area (Å²) >= 11 is 0. The molecule has 0 aliphatic carbocycles. The third kappa shape index (κ3) is 2.96. The number of carbonyl (C=O) groups excluding carboxylic acids is 1. The van der Waals surface area contributed by atoms with Gasteiger partial charge in [-0.15, -0.1) is 0 Å². The second-order valence-corrected chi connectivity index (χ2v) is 3.44. The molecule has 0 aliphatic rings. The van der Waals surface area contributed by atoms with Gasteiger partial charge in [-0.2, -0.15) is 0 Å². The Labute approximate surface area is 85.1 Å². The molecule has 1 rings (SSSR count). The Hall–Kier alpha value is -1.15. The van der Waals surface area contributed by atoms with Gasteiger partial charge in [0.25, 0.3) is 0 Å². The highest BCUT2D eigenvalue weighted by Crippen LogP contribution is 2.09. The normalized spacial score (nSPS) is 12.4. The zero-order valence-corrected chi connectivity index (χ0v) is 8.57. The molecule has 0 fully saturated rings.